The van der Waals surface area contributed by atoms with Gasteiger partial charge in [-0.05, 0) is 81.7 Å². The maximum Gasteiger partial charge on any atom is 0.200 e. The van der Waals surface area contributed by atoms with Crippen LogP contribution in [0.1, 0.15) is 72.7 Å². The number of phenolic OH excluding ortho intramolecular Hbond substituents is 1. The number of fused-ring (bicyclic) bond motifs is 1. The maximum atomic E-state index is 12.9. The topological polar surface area (TPSA) is 128 Å². The molecule has 3 N–H and O–H groups in total. The number of pyridine rings is 2. The summed E-state index contributed by atoms with van der Waals surface area (Å²) in [5.41, 5.74) is 1.41. The van der Waals surface area contributed by atoms with Gasteiger partial charge in [0, 0.05) is 16.9 Å². The van der Waals surface area contributed by atoms with E-state index in [0.29, 0.717) is 53.1 Å². The lowest BCUT2D eigenvalue weighted by Crippen LogP contribution is -2.51. The van der Waals surface area contributed by atoms with E-state index < -0.39 is 30.2 Å². The van der Waals surface area contributed by atoms with Crippen molar-refractivity contribution >= 4 is 30.6 Å². The monoisotopic (exact) mass is 623 g/mol. The molecule has 3 aromatic heterocycles. The zero-order valence-electron chi connectivity index (χ0n) is 26.7. The van der Waals surface area contributed by atoms with Crippen molar-refractivity contribution in [1.82, 2.24) is 24.5 Å². The Labute approximate surface area is 259 Å². The molecule has 0 spiro atoms. The molecule has 11 heteroatoms. The standard InChI is InChI=1S/C32H45N5O4SSi/c1-10-17-32(39,36-42(40)30(2,3)4)28-15-12-14-25(35-28)22-18-26-24(27(38)19-22)20-33-37(26)29-16-11-13-23(34-29)21-41-43(8,9)31(5,6)7/h11-16,18-20,36,38-39H,10,17,21H2,1-9H3. The Morgan fingerprint density at radius 2 is 1.72 bits per heavy atom. The highest BCUT2D eigenvalue weighted by Crippen LogP contribution is 2.37. The van der Waals surface area contributed by atoms with Crippen molar-refractivity contribution in [2.45, 2.75) is 96.5 Å². The molecule has 0 amide bonds. The summed E-state index contributed by atoms with van der Waals surface area (Å²) in [4.78, 5) is 9.60. The Bertz CT molecular complexity index is 1580. The molecule has 43 heavy (non-hydrogen) atoms. The van der Waals surface area contributed by atoms with Crippen molar-refractivity contribution < 1.29 is 19.2 Å². The molecule has 0 aliphatic rings. The summed E-state index contributed by atoms with van der Waals surface area (Å²) >= 11 is -1.52. The van der Waals surface area contributed by atoms with E-state index in [-0.39, 0.29) is 10.8 Å². The highest BCUT2D eigenvalue weighted by atomic mass is 32.2. The van der Waals surface area contributed by atoms with Crippen LogP contribution < -0.4 is 4.72 Å². The van der Waals surface area contributed by atoms with E-state index in [2.05, 4.69) is 43.7 Å². The largest absolute Gasteiger partial charge is 0.598 e. The SMILES string of the molecule is CCCC(O)(N[S+]([O-])C(C)(C)C)c1cccc(-c2cc(O)c3cnn(-c4cccc(CO[Si](C)(C)C(C)(C)C)n4)c3c2)n1. The number of nitrogens with one attached hydrogen (secondary N) is 1. The molecule has 0 radical (unpaired) electrons. The third kappa shape index (κ3) is 7.30. The highest BCUT2D eigenvalue weighted by molar-refractivity contribution is 7.90. The zero-order valence-corrected chi connectivity index (χ0v) is 28.5. The predicted molar refractivity (Wildman–Crippen MR) is 176 cm³/mol. The van der Waals surface area contributed by atoms with E-state index in [4.69, 9.17) is 14.4 Å². The quantitative estimate of drug-likeness (QED) is 0.101. The van der Waals surface area contributed by atoms with Gasteiger partial charge in [0.15, 0.2) is 19.9 Å². The van der Waals surface area contributed by atoms with Gasteiger partial charge in [-0.25, -0.2) is 14.6 Å². The van der Waals surface area contributed by atoms with Crippen molar-refractivity contribution in [3.63, 3.8) is 0 Å². The first-order valence-electron chi connectivity index (χ1n) is 14.7. The Kier molecular flexibility index (Phi) is 9.46. The average molecular weight is 624 g/mol. The van der Waals surface area contributed by atoms with Crippen LogP contribution >= 0.6 is 0 Å². The molecule has 3 heterocycles. The van der Waals surface area contributed by atoms with E-state index in [1.54, 1.807) is 29.1 Å². The number of aromatic hydroxyl groups is 1. The van der Waals surface area contributed by atoms with Gasteiger partial charge in [-0.2, -0.15) is 5.10 Å². The summed E-state index contributed by atoms with van der Waals surface area (Å²) < 4.78 is 23.4. The van der Waals surface area contributed by atoms with Gasteiger partial charge in [0.2, 0.25) is 0 Å². The Morgan fingerprint density at radius 1 is 1.02 bits per heavy atom. The van der Waals surface area contributed by atoms with Gasteiger partial charge in [0.05, 0.1) is 40.8 Å². The number of aliphatic hydroxyl groups is 1. The minimum Gasteiger partial charge on any atom is -0.598 e. The molecule has 0 fully saturated rings. The lowest BCUT2D eigenvalue weighted by molar-refractivity contribution is 0.0101. The van der Waals surface area contributed by atoms with Crippen LogP contribution in [0.15, 0.2) is 54.7 Å². The third-order valence-corrected chi connectivity index (χ3v) is 14.1. The second-order valence-electron chi connectivity index (χ2n) is 13.5. The molecule has 232 valence electrons. The predicted octanol–water partition coefficient (Wildman–Crippen LogP) is 6.71. The van der Waals surface area contributed by atoms with E-state index >= 15 is 0 Å². The molecule has 0 saturated carbocycles. The van der Waals surface area contributed by atoms with Crippen molar-refractivity contribution in [1.29, 1.82) is 0 Å². The van der Waals surface area contributed by atoms with E-state index in [9.17, 15) is 14.8 Å². The molecule has 0 saturated heterocycles. The van der Waals surface area contributed by atoms with E-state index in [1.807, 2.05) is 58.0 Å². The number of hydrogen-bond acceptors (Lipinski definition) is 8. The van der Waals surface area contributed by atoms with Crippen molar-refractivity contribution in [3.05, 3.63) is 66.1 Å². The minimum atomic E-state index is -1.95. The third-order valence-electron chi connectivity index (χ3n) is 7.96. The van der Waals surface area contributed by atoms with Crippen LogP contribution in [-0.4, -0.2) is 47.6 Å². The van der Waals surface area contributed by atoms with Gasteiger partial charge in [0.25, 0.3) is 0 Å². The fraction of sp³-hybridized carbons (Fsp3) is 0.469. The summed E-state index contributed by atoms with van der Waals surface area (Å²) in [5, 5.41) is 27.8. The number of aromatic nitrogens is 4. The van der Waals surface area contributed by atoms with Crippen molar-refractivity contribution in [3.8, 4) is 22.8 Å². The molecule has 4 aromatic rings. The smallest absolute Gasteiger partial charge is 0.200 e. The first kappa shape index (κ1) is 33.1. The highest BCUT2D eigenvalue weighted by Gasteiger charge is 2.40. The normalized spacial score (nSPS) is 15.0. The molecule has 2 unspecified atom stereocenters. The molecule has 0 aliphatic carbocycles. The summed E-state index contributed by atoms with van der Waals surface area (Å²) in [6.07, 6.45) is 2.59. The first-order chi connectivity index (χ1) is 19.9. The fourth-order valence-corrected chi connectivity index (χ4v) is 6.06. The number of nitrogens with zero attached hydrogens (tertiary/aromatic N) is 4. The van der Waals surface area contributed by atoms with Crippen LogP contribution in [0.3, 0.4) is 0 Å². The van der Waals surface area contributed by atoms with Crippen LogP contribution in [-0.2, 0) is 28.1 Å². The Morgan fingerprint density at radius 3 is 2.37 bits per heavy atom. The molecule has 0 bridgehead atoms. The van der Waals surface area contributed by atoms with Crippen LogP contribution in [0.4, 0.5) is 0 Å². The van der Waals surface area contributed by atoms with Gasteiger partial charge in [-0.15, -0.1) is 4.72 Å². The van der Waals surface area contributed by atoms with Gasteiger partial charge in [0.1, 0.15) is 10.5 Å². The lowest BCUT2D eigenvalue weighted by atomic mass is 10.0. The van der Waals surface area contributed by atoms with Gasteiger partial charge in [-0.1, -0.05) is 46.2 Å². The number of rotatable bonds is 10. The number of phenols is 1. The zero-order chi connectivity index (χ0) is 31.8. The minimum absolute atomic E-state index is 0.0548. The maximum absolute atomic E-state index is 12.9. The Balaban J connectivity index is 1.71. The van der Waals surface area contributed by atoms with Gasteiger partial charge in [-0.3, -0.25) is 0 Å². The summed E-state index contributed by atoms with van der Waals surface area (Å²) in [6, 6.07) is 14.6. The van der Waals surface area contributed by atoms with Crippen LogP contribution in [0.25, 0.3) is 28.0 Å². The van der Waals surface area contributed by atoms with Crippen LogP contribution in [0, 0.1) is 0 Å². The Hall–Kier alpha value is -2.80. The summed E-state index contributed by atoms with van der Waals surface area (Å²) in [6.45, 7) is 19.0. The second kappa shape index (κ2) is 12.3. The fourth-order valence-electron chi connectivity index (χ4n) is 4.30. The van der Waals surface area contributed by atoms with E-state index in [1.165, 1.54) is 0 Å². The molecule has 0 aliphatic heterocycles. The first-order valence-corrected chi connectivity index (χ1v) is 18.7. The molecule has 1 aromatic carbocycles. The summed E-state index contributed by atoms with van der Waals surface area (Å²) in [7, 11) is -1.95. The number of benzene rings is 1. The van der Waals surface area contributed by atoms with Crippen molar-refractivity contribution in [2.75, 3.05) is 0 Å². The molecule has 9 nitrogen and oxygen atoms in total. The second-order valence-corrected chi connectivity index (χ2v) is 20.3. The van der Waals surface area contributed by atoms with Gasteiger partial charge < -0.3 is 19.2 Å². The van der Waals surface area contributed by atoms with Gasteiger partial charge >= 0.3 is 0 Å². The van der Waals surface area contributed by atoms with E-state index in [0.717, 1.165) is 5.69 Å². The average Bonchev–Trinajstić information content (AvgIpc) is 3.36. The van der Waals surface area contributed by atoms with Crippen LogP contribution in [0.2, 0.25) is 18.1 Å². The van der Waals surface area contributed by atoms with Crippen LogP contribution in [0.5, 0.6) is 5.75 Å². The molecular formula is C32H45N5O4SSi. The summed E-state index contributed by atoms with van der Waals surface area (Å²) in [5.74, 6) is 0.662. The number of hydrogen-bond donors (Lipinski definition) is 3. The molecule has 2 atom stereocenters. The molecular weight excluding hydrogens is 579 g/mol. The van der Waals surface area contributed by atoms with Crippen molar-refractivity contribution in [2.24, 2.45) is 0 Å². The lowest BCUT2D eigenvalue weighted by Gasteiger charge is -2.36. The molecule has 4 rings (SSSR count).